The van der Waals surface area contributed by atoms with Crippen LogP contribution in [-0.4, -0.2) is 96.6 Å². The number of fused-ring (bicyclic) bond motifs is 5. The molecule has 3 aliphatic heterocycles. The molecule has 0 aromatic heterocycles. The molecule has 12 nitrogen and oxygen atoms in total. The summed E-state index contributed by atoms with van der Waals surface area (Å²) in [6.07, 6.45) is 2.85. The van der Waals surface area contributed by atoms with E-state index in [9.17, 15) is 33.6 Å². The number of carbonyl (C=O) groups excluding carboxylic acids is 7. The summed E-state index contributed by atoms with van der Waals surface area (Å²) in [6.45, 7) is 5.40. The molecule has 12 heteroatoms. The zero-order chi connectivity index (χ0) is 30.9. The van der Waals surface area contributed by atoms with Gasteiger partial charge < -0.3 is 19.1 Å². The van der Waals surface area contributed by atoms with Gasteiger partial charge in [0.25, 0.3) is 5.91 Å². The molecule has 2 bridgehead atoms. The minimum Gasteiger partial charge on any atom is -0.492 e. The molecule has 0 aromatic carbocycles. The first-order valence-corrected chi connectivity index (χ1v) is 13.1. The second-order valence-electron chi connectivity index (χ2n) is 10.4. The number of rotatable bonds is 5. The molecule has 3 heterocycles. The van der Waals surface area contributed by atoms with Crippen molar-refractivity contribution in [1.82, 2.24) is 9.80 Å². The molecule has 5 rings (SSSR count). The predicted molar refractivity (Wildman–Crippen MR) is 143 cm³/mol. The number of likely N-dealkylation sites (N-methyl/N-ethyl adjacent to an activating group) is 1. The van der Waals surface area contributed by atoms with Gasteiger partial charge in [-0.1, -0.05) is 6.08 Å². The van der Waals surface area contributed by atoms with Crippen LogP contribution in [0.5, 0.6) is 0 Å². The predicted octanol–water partition coefficient (Wildman–Crippen LogP) is 0.593. The Morgan fingerprint density at radius 3 is 2.02 bits per heavy atom. The van der Waals surface area contributed by atoms with Crippen molar-refractivity contribution in [2.75, 3.05) is 27.9 Å². The van der Waals surface area contributed by atoms with Crippen LogP contribution in [0.1, 0.15) is 27.7 Å². The molecule has 0 aromatic rings. The Balaban J connectivity index is 1.76. The summed E-state index contributed by atoms with van der Waals surface area (Å²) >= 11 is 0. The monoisotopic (exact) mass is 576 g/mol. The summed E-state index contributed by atoms with van der Waals surface area (Å²) in [5, 5.41) is 0. The Kier molecular flexibility index (Phi) is 6.85. The van der Waals surface area contributed by atoms with Gasteiger partial charge in [-0.25, -0.2) is 4.79 Å². The molecule has 218 valence electrons. The lowest BCUT2D eigenvalue weighted by Gasteiger charge is -2.53. The fraction of sp³-hybridized carbons (Fsp3) is 0.367. The number of nitrogens with zero attached hydrogens (tertiary/aromatic N) is 2. The topological polar surface area (TPSA) is 154 Å². The quantitative estimate of drug-likeness (QED) is 0.149. The normalized spacial score (nSPS) is 26.5. The molecule has 0 radical (unpaired) electrons. The number of piperazine rings is 1. The highest BCUT2D eigenvalue weighted by molar-refractivity contribution is 6.39. The summed E-state index contributed by atoms with van der Waals surface area (Å²) in [7, 11) is 3.92. The van der Waals surface area contributed by atoms with E-state index in [2.05, 4.69) is 0 Å². The lowest BCUT2D eigenvalue weighted by atomic mass is 9.72. The summed E-state index contributed by atoms with van der Waals surface area (Å²) in [5.74, 6) is -5.55. The van der Waals surface area contributed by atoms with E-state index in [1.54, 1.807) is 6.92 Å². The van der Waals surface area contributed by atoms with Gasteiger partial charge in [0, 0.05) is 39.1 Å². The second-order valence-corrected chi connectivity index (χ2v) is 10.4. The van der Waals surface area contributed by atoms with Gasteiger partial charge in [-0.15, -0.1) is 0 Å². The van der Waals surface area contributed by atoms with E-state index in [0.29, 0.717) is 0 Å². The average molecular weight is 577 g/mol. The van der Waals surface area contributed by atoms with Crippen LogP contribution in [0.2, 0.25) is 0 Å². The Morgan fingerprint density at radius 1 is 0.881 bits per heavy atom. The van der Waals surface area contributed by atoms with E-state index in [-0.39, 0.29) is 50.7 Å². The van der Waals surface area contributed by atoms with Crippen molar-refractivity contribution in [2.24, 2.45) is 0 Å². The number of amides is 1. The maximum atomic E-state index is 14.1. The molecule has 2 aliphatic carbocycles. The molecule has 5 aliphatic rings. The van der Waals surface area contributed by atoms with Crippen LogP contribution in [-0.2, 0) is 47.8 Å². The zero-order valence-corrected chi connectivity index (χ0v) is 24.1. The number of carbonyl (C=O) groups is 7. The fourth-order valence-electron chi connectivity index (χ4n) is 6.14. The number of Topliss-reactive ketones (excluding diaryl/α,β-unsaturated/α-hetero) is 5. The Hall–Kier alpha value is -4.71. The minimum atomic E-state index is -1.52. The number of methoxy groups -OCH3 is 2. The van der Waals surface area contributed by atoms with Crippen molar-refractivity contribution < 1.29 is 47.8 Å². The smallest absolute Gasteiger partial charge is 0.333 e. The van der Waals surface area contributed by atoms with Gasteiger partial charge in [0.05, 0.1) is 25.8 Å². The lowest BCUT2D eigenvalue weighted by molar-refractivity contribution is -0.152. The molecular formula is C30H28N2O10. The second kappa shape index (κ2) is 9.98. The van der Waals surface area contributed by atoms with E-state index < -0.39 is 71.1 Å². The van der Waals surface area contributed by atoms with Gasteiger partial charge in [-0.2, -0.15) is 0 Å². The largest absolute Gasteiger partial charge is 0.492 e. The number of ether oxygens (including phenoxy) is 3. The molecule has 0 saturated carbocycles. The maximum absolute atomic E-state index is 14.1. The summed E-state index contributed by atoms with van der Waals surface area (Å²) in [4.78, 5) is 97.3. The SMILES string of the molecule is C/C=C(/C)C(=O)OC[C@H]1C2=C(C=C3[C@H]4C5=C(C(=O)C(C)=C(OC)C5=O)C(=O)[C@@H](C(=O)N31)N4C)C(=O)C(C)=C(OC)C2=O. The average Bonchev–Trinajstić information content (AvgIpc) is 2.96. The highest BCUT2D eigenvalue weighted by atomic mass is 16.5. The molecular weight excluding hydrogens is 548 g/mol. The van der Waals surface area contributed by atoms with E-state index in [4.69, 9.17) is 14.2 Å². The molecule has 1 saturated heterocycles. The number of hydrogen-bond donors (Lipinski definition) is 0. The molecule has 1 fully saturated rings. The third kappa shape index (κ3) is 3.67. The number of allylic oxidation sites excluding steroid dienone is 7. The van der Waals surface area contributed by atoms with Crippen molar-refractivity contribution >= 4 is 40.8 Å². The van der Waals surface area contributed by atoms with Gasteiger partial charge in [0.2, 0.25) is 11.6 Å². The van der Waals surface area contributed by atoms with Crippen LogP contribution in [0.15, 0.2) is 68.4 Å². The molecule has 0 unspecified atom stereocenters. The third-order valence-corrected chi connectivity index (χ3v) is 8.38. The van der Waals surface area contributed by atoms with Crippen molar-refractivity contribution in [2.45, 2.75) is 45.8 Å². The molecule has 1 amide bonds. The number of esters is 1. The Morgan fingerprint density at radius 2 is 1.45 bits per heavy atom. The van der Waals surface area contributed by atoms with E-state index in [1.165, 1.54) is 59.1 Å². The Bertz CT molecular complexity index is 1650. The summed E-state index contributed by atoms with van der Waals surface area (Å²) < 4.78 is 15.9. The fourth-order valence-corrected chi connectivity index (χ4v) is 6.14. The number of hydrogen-bond acceptors (Lipinski definition) is 11. The van der Waals surface area contributed by atoms with Gasteiger partial charge >= 0.3 is 5.97 Å². The van der Waals surface area contributed by atoms with Crippen molar-refractivity contribution in [3.8, 4) is 0 Å². The van der Waals surface area contributed by atoms with Crippen LogP contribution in [0.4, 0.5) is 0 Å². The summed E-state index contributed by atoms with van der Waals surface area (Å²) in [6, 6.07) is -4.00. The molecule has 42 heavy (non-hydrogen) atoms. The standard InChI is InChI=1S/C30H28N2O10/c1-8-11(2)30(39)42-10-16-17-14(22(33)12(3)27(40-6)25(17)36)9-15-20-18-19(23(34)13(4)28(41-7)26(18)37)24(35)21(31(20)5)29(38)32(15)16/h8-9,16,20-21H,10H2,1-7H3/b11-8-/t16-,20-,21-/m0/s1. The van der Waals surface area contributed by atoms with Crippen LogP contribution < -0.4 is 0 Å². The van der Waals surface area contributed by atoms with Crippen LogP contribution in [0.3, 0.4) is 0 Å². The summed E-state index contributed by atoms with van der Waals surface area (Å²) in [5.41, 5.74) is -0.504. The zero-order valence-electron chi connectivity index (χ0n) is 24.1. The third-order valence-electron chi connectivity index (χ3n) is 8.38. The first-order valence-electron chi connectivity index (χ1n) is 13.1. The minimum absolute atomic E-state index is 0.0308. The molecule has 0 spiro atoms. The molecule has 3 atom stereocenters. The van der Waals surface area contributed by atoms with E-state index in [0.717, 1.165) is 4.90 Å². The van der Waals surface area contributed by atoms with Crippen LogP contribution in [0, 0.1) is 0 Å². The van der Waals surface area contributed by atoms with Crippen molar-refractivity contribution in [3.63, 3.8) is 0 Å². The van der Waals surface area contributed by atoms with E-state index >= 15 is 0 Å². The highest BCUT2D eigenvalue weighted by Crippen LogP contribution is 2.46. The first kappa shape index (κ1) is 28.8. The van der Waals surface area contributed by atoms with Crippen molar-refractivity contribution in [3.05, 3.63) is 68.4 Å². The van der Waals surface area contributed by atoms with Gasteiger partial charge in [0.1, 0.15) is 12.6 Å². The highest BCUT2D eigenvalue weighted by Gasteiger charge is 2.60. The maximum Gasteiger partial charge on any atom is 0.333 e. The molecule has 0 N–H and O–H groups in total. The van der Waals surface area contributed by atoms with Crippen molar-refractivity contribution in [1.29, 1.82) is 0 Å². The van der Waals surface area contributed by atoms with Crippen LogP contribution >= 0.6 is 0 Å². The Labute approximate surface area is 240 Å². The van der Waals surface area contributed by atoms with E-state index in [1.807, 2.05) is 0 Å². The van der Waals surface area contributed by atoms with Gasteiger partial charge in [0.15, 0.2) is 34.9 Å². The van der Waals surface area contributed by atoms with Gasteiger partial charge in [-0.3, -0.25) is 33.7 Å². The lowest BCUT2D eigenvalue weighted by Crippen LogP contribution is -2.69. The van der Waals surface area contributed by atoms with Crippen LogP contribution in [0.25, 0.3) is 0 Å². The first-order chi connectivity index (χ1) is 19.8. The number of ketones is 5. The van der Waals surface area contributed by atoms with Gasteiger partial charge in [-0.05, 0) is 40.8 Å².